The number of hydrogen-bond donors (Lipinski definition) is 3. The topological polar surface area (TPSA) is 104 Å². The molecule has 3 N–H and O–H groups in total. The van der Waals surface area contributed by atoms with Gasteiger partial charge in [-0.2, -0.15) is 0 Å². The summed E-state index contributed by atoms with van der Waals surface area (Å²) in [5, 5.41) is 28.3. The van der Waals surface area contributed by atoms with E-state index in [0.717, 1.165) is 0 Å². The van der Waals surface area contributed by atoms with Crippen LogP contribution in [0.15, 0.2) is 18.2 Å². The largest absolute Gasteiger partial charge is 0.504 e. The molecule has 0 aliphatic carbocycles. The van der Waals surface area contributed by atoms with Crippen molar-refractivity contribution in [3.63, 3.8) is 0 Å². The van der Waals surface area contributed by atoms with E-state index in [1.165, 1.54) is 19.2 Å². The first kappa shape index (κ1) is 15.8. The summed E-state index contributed by atoms with van der Waals surface area (Å²) in [5.41, 5.74) is -1.45. The van der Waals surface area contributed by atoms with E-state index in [2.05, 4.69) is 0 Å². The van der Waals surface area contributed by atoms with Gasteiger partial charge in [-0.1, -0.05) is 19.4 Å². The van der Waals surface area contributed by atoms with Crippen LogP contribution in [0.25, 0.3) is 0 Å². The van der Waals surface area contributed by atoms with Crippen LogP contribution in [0, 0.1) is 5.41 Å². The van der Waals surface area contributed by atoms with Crippen molar-refractivity contribution in [1.29, 1.82) is 0 Å². The van der Waals surface area contributed by atoms with Gasteiger partial charge in [-0.25, -0.2) is 0 Å². The van der Waals surface area contributed by atoms with Crippen molar-refractivity contribution in [2.75, 3.05) is 7.11 Å². The lowest BCUT2D eigenvalue weighted by molar-refractivity contribution is -0.165. The summed E-state index contributed by atoms with van der Waals surface area (Å²) in [6, 6.07) is 4.36. The molecule has 0 aromatic heterocycles. The highest BCUT2D eigenvalue weighted by molar-refractivity contribution is 5.98. The van der Waals surface area contributed by atoms with Gasteiger partial charge in [0.05, 0.1) is 7.11 Å². The molecule has 0 spiro atoms. The Morgan fingerprint density at radius 2 is 1.85 bits per heavy atom. The zero-order valence-corrected chi connectivity index (χ0v) is 11.4. The van der Waals surface area contributed by atoms with Crippen LogP contribution in [0.2, 0.25) is 0 Å². The molecule has 0 aliphatic rings. The van der Waals surface area contributed by atoms with Crippen LogP contribution in [-0.4, -0.2) is 34.4 Å². The Balaban J connectivity index is 3.15. The van der Waals surface area contributed by atoms with E-state index in [1.807, 2.05) is 0 Å². The molecule has 0 fully saturated rings. The molecule has 0 bridgehead atoms. The fourth-order valence-electron chi connectivity index (χ4n) is 2.17. The molecule has 1 aromatic rings. The van der Waals surface area contributed by atoms with E-state index in [1.54, 1.807) is 13.0 Å². The SMILES string of the molecule is CCCC(Cc1ccc(OC)c(O)c1)(C(=O)O)C(=O)O. The van der Waals surface area contributed by atoms with Gasteiger partial charge < -0.3 is 20.1 Å². The van der Waals surface area contributed by atoms with Crippen LogP contribution in [0.4, 0.5) is 0 Å². The summed E-state index contributed by atoms with van der Waals surface area (Å²) in [6.07, 6.45) is 0.258. The minimum absolute atomic E-state index is 0.0183. The van der Waals surface area contributed by atoms with E-state index in [9.17, 15) is 24.9 Å². The quantitative estimate of drug-likeness (QED) is 0.660. The molecule has 0 unspecified atom stereocenters. The van der Waals surface area contributed by atoms with Gasteiger partial charge in [0.25, 0.3) is 0 Å². The predicted molar refractivity (Wildman–Crippen MR) is 71.0 cm³/mol. The van der Waals surface area contributed by atoms with Gasteiger partial charge in [-0.15, -0.1) is 0 Å². The zero-order valence-electron chi connectivity index (χ0n) is 11.4. The number of phenols is 1. The van der Waals surface area contributed by atoms with Gasteiger partial charge in [0, 0.05) is 0 Å². The zero-order chi connectivity index (χ0) is 15.3. The van der Waals surface area contributed by atoms with Crippen LogP contribution >= 0.6 is 0 Å². The van der Waals surface area contributed by atoms with Gasteiger partial charge in [-0.3, -0.25) is 9.59 Å². The summed E-state index contributed by atoms with van der Waals surface area (Å²) in [5.74, 6) is -2.64. The minimum atomic E-state index is -1.88. The average Bonchev–Trinajstić information content (AvgIpc) is 2.37. The number of rotatable bonds is 7. The van der Waals surface area contributed by atoms with Crippen molar-refractivity contribution in [1.82, 2.24) is 0 Å². The first-order chi connectivity index (χ1) is 9.37. The lowest BCUT2D eigenvalue weighted by Crippen LogP contribution is -2.41. The monoisotopic (exact) mass is 282 g/mol. The highest BCUT2D eigenvalue weighted by atomic mass is 16.5. The number of benzene rings is 1. The number of hydrogen-bond acceptors (Lipinski definition) is 4. The Labute approximate surface area is 116 Å². The van der Waals surface area contributed by atoms with E-state index in [-0.39, 0.29) is 24.3 Å². The number of ether oxygens (including phenoxy) is 1. The molecule has 0 radical (unpaired) electrons. The van der Waals surface area contributed by atoms with Gasteiger partial charge >= 0.3 is 11.9 Å². The number of aromatic hydroxyl groups is 1. The number of carboxylic acid groups (broad SMARTS) is 2. The molecule has 20 heavy (non-hydrogen) atoms. The molecule has 0 atom stereocenters. The van der Waals surface area contributed by atoms with Crippen LogP contribution in [-0.2, 0) is 16.0 Å². The van der Waals surface area contributed by atoms with Crippen molar-refractivity contribution in [2.45, 2.75) is 26.2 Å². The fourth-order valence-corrected chi connectivity index (χ4v) is 2.17. The van der Waals surface area contributed by atoms with E-state index < -0.39 is 17.4 Å². The van der Waals surface area contributed by atoms with Gasteiger partial charge in [-0.05, 0) is 30.5 Å². The van der Waals surface area contributed by atoms with Crippen LogP contribution < -0.4 is 4.74 Å². The molecule has 110 valence electrons. The Morgan fingerprint density at radius 3 is 2.25 bits per heavy atom. The highest BCUT2D eigenvalue weighted by Crippen LogP contribution is 2.33. The summed E-state index contributed by atoms with van der Waals surface area (Å²) in [6.45, 7) is 1.73. The average molecular weight is 282 g/mol. The number of aliphatic carboxylic acids is 2. The molecular formula is C14H18O6. The summed E-state index contributed by atoms with van der Waals surface area (Å²) in [7, 11) is 1.39. The van der Waals surface area contributed by atoms with Crippen molar-refractivity contribution >= 4 is 11.9 Å². The summed E-state index contributed by atoms with van der Waals surface area (Å²) < 4.78 is 4.89. The van der Waals surface area contributed by atoms with Crippen molar-refractivity contribution in [2.24, 2.45) is 5.41 Å². The maximum Gasteiger partial charge on any atom is 0.321 e. The first-order valence-electron chi connectivity index (χ1n) is 6.20. The molecule has 1 aromatic carbocycles. The molecule has 1 rings (SSSR count). The molecule has 6 heteroatoms. The fraction of sp³-hybridized carbons (Fsp3) is 0.429. The Morgan fingerprint density at radius 1 is 1.25 bits per heavy atom. The second kappa shape index (κ2) is 6.27. The van der Waals surface area contributed by atoms with Gasteiger partial charge in [0.2, 0.25) is 0 Å². The molecule has 6 nitrogen and oxygen atoms in total. The van der Waals surface area contributed by atoms with Gasteiger partial charge in [0.1, 0.15) is 0 Å². The second-order valence-corrected chi connectivity index (χ2v) is 4.63. The predicted octanol–water partition coefficient (Wildman–Crippen LogP) is 1.90. The van der Waals surface area contributed by atoms with E-state index in [0.29, 0.717) is 12.0 Å². The lowest BCUT2D eigenvalue weighted by atomic mass is 9.78. The van der Waals surface area contributed by atoms with E-state index in [4.69, 9.17) is 4.74 Å². The molecule has 0 saturated heterocycles. The number of carboxylic acids is 2. The Kier molecular flexibility index (Phi) is 4.96. The number of carbonyl (C=O) groups is 2. The Hall–Kier alpha value is -2.24. The molecule has 0 heterocycles. The van der Waals surface area contributed by atoms with Crippen LogP contribution in [0.3, 0.4) is 0 Å². The van der Waals surface area contributed by atoms with Crippen molar-refractivity contribution in [3.05, 3.63) is 23.8 Å². The third kappa shape index (κ3) is 3.01. The normalized spacial score (nSPS) is 11.1. The van der Waals surface area contributed by atoms with Gasteiger partial charge in [0.15, 0.2) is 16.9 Å². The molecule has 0 amide bonds. The minimum Gasteiger partial charge on any atom is -0.504 e. The molecular weight excluding hydrogens is 264 g/mol. The Bertz CT molecular complexity index is 494. The van der Waals surface area contributed by atoms with Crippen LogP contribution in [0.5, 0.6) is 11.5 Å². The number of methoxy groups -OCH3 is 1. The maximum atomic E-state index is 11.4. The molecule has 0 aliphatic heterocycles. The smallest absolute Gasteiger partial charge is 0.321 e. The standard InChI is InChI=1S/C14H18O6/c1-3-6-14(12(16)17,13(18)19)8-9-4-5-11(20-2)10(15)7-9/h4-5,7,15H,3,6,8H2,1-2H3,(H,16,17)(H,18,19). The lowest BCUT2D eigenvalue weighted by Gasteiger charge is -2.24. The highest BCUT2D eigenvalue weighted by Gasteiger charge is 2.45. The third-order valence-corrected chi connectivity index (χ3v) is 3.24. The van der Waals surface area contributed by atoms with Crippen LogP contribution in [0.1, 0.15) is 25.3 Å². The summed E-state index contributed by atoms with van der Waals surface area (Å²) >= 11 is 0. The second-order valence-electron chi connectivity index (χ2n) is 4.63. The first-order valence-corrected chi connectivity index (χ1v) is 6.20. The third-order valence-electron chi connectivity index (χ3n) is 3.24. The molecule has 0 saturated carbocycles. The van der Waals surface area contributed by atoms with E-state index >= 15 is 0 Å². The van der Waals surface area contributed by atoms with Crippen molar-refractivity contribution < 1.29 is 29.6 Å². The number of phenolic OH excluding ortho intramolecular Hbond substituents is 1. The maximum absolute atomic E-state index is 11.4. The summed E-state index contributed by atoms with van der Waals surface area (Å²) in [4.78, 5) is 22.8. The van der Waals surface area contributed by atoms with Crippen molar-refractivity contribution in [3.8, 4) is 11.5 Å².